The molecule has 94 valence electrons. The third kappa shape index (κ3) is 8.86. The van der Waals surface area contributed by atoms with Crippen LogP contribution in [-0.2, 0) is 0 Å². The van der Waals surface area contributed by atoms with Crippen molar-refractivity contribution in [2.75, 3.05) is 26.3 Å². The molecule has 0 saturated carbocycles. The van der Waals surface area contributed by atoms with E-state index in [0.29, 0.717) is 6.54 Å². The molecule has 0 unspecified atom stereocenters. The predicted octanol–water partition coefficient (Wildman–Crippen LogP) is 4.13. The van der Waals surface area contributed by atoms with Crippen molar-refractivity contribution in [3.63, 3.8) is 0 Å². The lowest BCUT2D eigenvalue weighted by molar-refractivity contribution is 0.170. The van der Waals surface area contributed by atoms with Crippen molar-refractivity contribution in [2.24, 2.45) is 5.92 Å². The Morgan fingerprint density at radius 2 is 1.53 bits per heavy atom. The fraction of sp³-hybridized carbons (Fsp3) is 1.00. The smallest absolute Gasteiger partial charge is 0.102 e. The first-order chi connectivity index (χ1) is 7.36. The molecule has 15 heavy (non-hydrogen) atoms. The monoisotopic (exact) mass is 219 g/mol. The van der Waals surface area contributed by atoms with E-state index in [4.69, 9.17) is 0 Å². The van der Waals surface area contributed by atoms with Gasteiger partial charge in [-0.3, -0.25) is 0 Å². The summed E-state index contributed by atoms with van der Waals surface area (Å²) in [4.78, 5) is 2.23. The number of piperidine rings is 1. The van der Waals surface area contributed by atoms with Gasteiger partial charge in [0.05, 0.1) is 0 Å². The van der Waals surface area contributed by atoms with Crippen molar-refractivity contribution in [1.82, 2.24) is 4.90 Å². The molecule has 0 radical (unpaired) electrons. The number of alkyl halides is 1. The van der Waals surface area contributed by atoms with Crippen LogP contribution in [0.1, 0.15) is 53.9 Å². The number of nitrogens with zero attached hydrogens (tertiary/aromatic N) is 1. The quantitative estimate of drug-likeness (QED) is 0.690. The minimum atomic E-state index is -0.184. The molecule has 0 aliphatic carbocycles. The summed E-state index contributed by atoms with van der Waals surface area (Å²) in [6.07, 6.45) is 3.84. The van der Waals surface area contributed by atoms with Crippen molar-refractivity contribution in [3.05, 3.63) is 0 Å². The molecule has 0 N–H and O–H groups in total. The minimum Gasteiger partial charge on any atom is -0.301 e. The Kier molecular flexibility index (Phi) is 16.0. The third-order valence-electron chi connectivity index (χ3n) is 2.69. The highest BCUT2D eigenvalue weighted by Crippen LogP contribution is 2.19. The second kappa shape index (κ2) is 13.9. The van der Waals surface area contributed by atoms with E-state index in [0.717, 1.165) is 19.0 Å². The van der Waals surface area contributed by atoms with E-state index in [1.807, 2.05) is 27.7 Å². The van der Waals surface area contributed by atoms with Gasteiger partial charge in [0.25, 0.3) is 0 Å². The van der Waals surface area contributed by atoms with Crippen LogP contribution in [0.4, 0.5) is 4.39 Å². The lowest BCUT2D eigenvalue weighted by atomic mass is 9.94. The normalized spacial score (nSPS) is 17.2. The Hall–Kier alpha value is -0.110. The second-order valence-corrected chi connectivity index (χ2v) is 3.38. The van der Waals surface area contributed by atoms with Gasteiger partial charge in [-0.1, -0.05) is 41.0 Å². The Balaban J connectivity index is 0. The van der Waals surface area contributed by atoms with Gasteiger partial charge >= 0.3 is 0 Å². The standard InChI is InChI=1S/C9H18FN.2C2H6/c1-2-9-3-6-11(7-4-9)8-5-10;2*1-2/h9H,2-8H2,1H3;2*1-2H3. The van der Waals surface area contributed by atoms with Gasteiger partial charge in [-0.05, 0) is 31.8 Å². The number of hydrogen-bond acceptors (Lipinski definition) is 1. The molecule has 1 nitrogen and oxygen atoms in total. The average molecular weight is 219 g/mol. The lowest BCUT2D eigenvalue weighted by Crippen LogP contribution is -2.34. The van der Waals surface area contributed by atoms with Crippen LogP contribution < -0.4 is 0 Å². The van der Waals surface area contributed by atoms with E-state index in [9.17, 15) is 4.39 Å². The Morgan fingerprint density at radius 3 is 1.87 bits per heavy atom. The Bertz CT molecular complexity index is 98.7. The Labute approximate surface area is 96.0 Å². The van der Waals surface area contributed by atoms with Crippen molar-refractivity contribution in [1.29, 1.82) is 0 Å². The van der Waals surface area contributed by atoms with Crippen molar-refractivity contribution in [2.45, 2.75) is 53.9 Å². The summed E-state index contributed by atoms with van der Waals surface area (Å²) in [7, 11) is 0. The highest BCUT2D eigenvalue weighted by atomic mass is 19.1. The second-order valence-electron chi connectivity index (χ2n) is 3.38. The molecule has 0 spiro atoms. The molecule has 1 saturated heterocycles. The van der Waals surface area contributed by atoms with Crippen LogP contribution in [-0.4, -0.2) is 31.2 Å². The fourth-order valence-corrected chi connectivity index (χ4v) is 1.74. The van der Waals surface area contributed by atoms with E-state index in [1.165, 1.54) is 19.3 Å². The van der Waals surface area contributed by atoms with E-state index in [-0.39, 0.29) is 6.67 Å². The SMILES string of the molecule is CC.CC.CCC1CCN(CCF)CC1. The number of rotatable bonds is 3. The largest absolute Gasteiger partial charge is 0.301 e. The molecule has 0 aromatic heterocycles. The molecule has 1 aliphatic heterocycles. The number of likely N-dealkylation sites (tertiary alicyclic amines) is 1. The van der Waals surface area contributed by atoms with Crippen molar-refractivity contribution < 1.29 is 4.39 Å². The van der Waals surface area contributed by atoms with Gasteiger partial charge in [0, 0.05) is 6.54 Å². The molecule has 0 bridgehead atoms. The zero-order valence-electron chi connectivity index (χ0n) is 11.4. The lowest BCUT2D eigenvalue weighted by Gasteiger charge is -2.30. The fourth-order valence-electron chi connectivity index (χ4n) is 1.74. The van der Waals surface area contributed by atoms with E-state index in [2.05, 4.69) is 11.8 Å². The molecule has 0 aromatic rings. The Morgan fingerprint density at radius 1 is 1.07 bits per heavy atom. The molecule has 0 aromatic carbocycles. The molecule has 0 atom stereocenters. The minimum absolute atomic E-state index is 0.184. The topological polar surface area (TPSA) is 3.24 Å². The van der Waals surface area contributed by atoms with Crippen LogP contribution in [0.25, 0.3) is 0 Å². The van der Waals surface area contributed by atoms with E-state index in [1.54, 1.807) is 0 Å². The molecule has 0 amide bonds. The first-order valence-corrected chi connectivity index (χ1v) is 6.65. The van der Waals surface area contributed by atoms with Crippen LogP contribution in [0.15, 0.2) is 0 Å². The summed E-state index contributed by atoms with van der Waals surface area (Å²) in [5, 5.41) is 0. The maximum atomic E-state index is 11.9. The number of hydrogen-bond donors (Lipinski definition) is 0. The number of halogens is 1. The predicted molar refractivity (Wildman–Crippen MR) is 68.1 cm³/mol. The first kappa shape index (κ1) is 17.3. The highest BCUT2D eigenvalue weighted by molar-refractivity contribution is 4.70. The molecule has 1 fully saturated rings. The first-order valence-electron chi connectivity index (χ1n) is 6.65. The van der Waals surface area contributed by atoms with Gasteiger partial charge in [0.1, 0.15) is 6.67 Å². The zero-order valence-corrected chi connectivity index (χ0v) is 11.4. The molecular weight excluding hydrogens is 189 g/mol. The van der Waals surface area contributed by atoms with Gasteiger partial charge in [-0.2, -0.15) is 0 Å². The molecule has 1 aliphatic rings. The summed E-state index contributed by atoms with van der Waals surface area (Å²) in [5.41, 5.74) is 0. The van der Waals surface area contributed by atoms with Crippen LogP contribution in [0.3, 0.4) is 0 Å². The van der Waals surface area contributed by atoms with Gasteiger partial charge in [-0.15, -0.1) is 0 Å². The summed E-state index contributed by atoms with van der Waals surface area (Å²) >= 11 is 0. The molecule has 2 heteroatoms. The third-order valence-corrected chi connectivity index (χ3v) is 2.69. The zero-order chi connectivity index (χ0) is 12.1. The van der Waals surface area contributed by atoms with Crippen molar-refractivity contribution in [3.8, 4) is 0 Å². The van der Waals surface area contributed by atoms with Gasteiger partial charge in [0.15, 0.2) is 0 Å². The maximum Gasteiger partial charge on any atom is 0.102 e. The molecule has 1 rings (SSSR count). The van der Waals surface area contributed by atoms with Crippen LogP contribution in [0.2, 0.25) is 0 Å². The average Bonchev–Trinajstić information content (AvgIpc) is 2.36. The summed E-state index contributed by atoms with van der Waals surface area (Å²) in [6, 6.07) is 0. The van der Waals surface area contributed by atoms with Gasteiger partial charge in [0.2, 0.25) is 0 Å². The highest BCUT2D eigenvalue weighted by Gasteiger charge is 2.16. The van der Waals surface area contributed by atoms with E-state index >= 15 is 0 Å². The van der Waals surface area contributed by atoms with Gasteiger partial charge in [-0.25, -0.2) is 4.39 Å². The van der Waals surface area contributed by atoms with Crippen LogP contribution in [0, 0.1) is 5.92 Å². The van der Waals surface area contributed by atoms with Crippen LogP contribution in [0.5, 0.6) is 0 Å². The summed E-state index contributed by atoms with van der Waals surface area (Å²) in [6.45, 7) is 12.9. The maximum absolute atomic E-state index is 11.9. The molecular formula is C13H30FN. The summed E-state index contributed by atoms with van der Waals surface area (Å²) < 4.78 is 11.9. The molecule has 1 heterocycles. The van der Waals surface area contributed by atoms with Crippen molar-refractivity contribution >= 4 is 0 Å². The van der Waals surface area contributed by atoms with Crippen LogP contribution >= 0.6 is 0 Å². The van der Waals surface area contributed by atoms with Gasteiger partial charge < -0.3 is 4.90 Å². The van der Waals surface area contributed by atoms with E-state index < -0.39 is 0 Å². The summed E-state index contributed by atoms with van der Waals surface area (Å²) in [5.74, 6) is 0.908.